The standard InChI is InChI=1S/C13H14N6/c1-9-5-6-11(17-8-9)13(15)19-18-12(14)10-4-2-3-7-16-10/h2-8H,1H3,(H2,14,18)(H2,15,19). The molecule has 0 atom stereocenters. The van der Waals surface area contributed by atoms with Gasteiger partial charge in [-0.2, -0.15) is 0 Å². The number of hydrogen-bond acceptors (Lipinski definition) is 4. The van der Waals surface area contributed by atoms with Gasteiger partial charge in [0.1, 0.15) is 11.4 Å². The number of amidine groups is 2. The minimum absolute atomic E-state index is 0.204. The summed E-state index contributed by atoms with van der Waals surface area (Å²) >= 11 is 0. The van der Waals surface area contributed by atoms with Gasteiger partial charge in [0, 0.05) is 12.4 Å². The summed E-state index contributed by atoms with van der Waals surface area (Å²) in [5.74, 6) is 0.412. The van der Waals surface area contributed by atoms with Gasteiger partial charge in [0.2, 0.25) is 0 Å². The lowest BCUT2D eigenvalue weighted by molar-refractivity contribution is 1.16. The fourth-order valence-electron chi connectivity index (χ4n) is 1.34. The first-order valence-electron chi connectivity index (χ1n) is 5.68. The number of rotatable bonds is 3. The Kier molecular flexibility index (Phi) is 3.82. The van der Waals surface area contributed by atoms with E-state index >= 15 is 0 Å². The molecule has 6 heteroatoms. The second kappa shape index (κ2) is 5.72. The van der Waals surface area contributed by atoms with Crippen molar-refractivity contribution in [2.75, 3.05) is 0 Å². The van der Waals surface area contributed by atoms with Crippen molar-refractivity contribution in [3.05, 3.63) is 59.7 Å². The Balaban J connectivity index is 2.20. The maximum atomic E-state index is 5.78. The molecule has 4 N–H and O–H groups in total. The van der Waals surface area contributed by atoms with Gasteiger partial charge in [0.15, 0.2) is 11.7 Å². The van der Waals surface area contributed by atoms with E-state index in [2.05, 4.69) is 20.2 Å². The van der Waals surface area contributed by atoms with Crippen LogP contribution in [0.25, 0.3) is 0 Å². The van der Waals surface area contributed by atoms with Gasteiger partial charge in [-0.1, -0.05) is 12.1 Å². The molecule has 6 nitrogen and oxygen atoms in total. The number of hydrogen-bond donors (Lipinski definition) is 2. The van der Waals surface area contributed by atoms with E-state index in [9.17, 15) is 0 Å². The largest absolute Gasteiger partial charge is 0.380 e. The van der Waals surface area contributed by atoms with Crippen molar-refractivity contribution in [2.45, 2.75) is 6.92 Å². The van der Waals surface area contributed by atoms with E-state index in [4.69, 9.17) is 11.5 Å². The molecule has 2 aromatic rings. The predicted octanol–water partition coefficient (Wildman–Crippen LogP) is 0.811. The van der Waals surface area contributed by atoms with E-state index in [1.165, 1.54) is 0 Å². The number of nitrogens with two attached hydrogens (primary N) is 2. The molecule has 2 rings (SSSR count). The molecule has 0 saturated heterocycles. The lowest BCUT2D eigenvalue weighted by Crippen LogP contribution is -2.17. The van der Waals surface area contributed by atoms with Gasteiger partial charge in [0.05, 0.1) is 0 Å². The lowest BCUT2D eigenvalue weighted by atomic mass is 10.3. The first kappa shape index (κ1) is 12.7. The molecule has 0 aliphatic heterocycles. The van der Waals surface area contributed by atoms with E-state index < -0.39 is 0 Å². The van der Waals surface area contributed by atoms with Gasteiger partial charge >= 0.3 is 0 Å². The third kappa shape index (κ3) is 3.35. The van der Waals surface area contributed by atoms with Crippen LogP contribution in [0.5, 0.6) is 0 Å². The minimum Gasteiger partial charge on any atom is -0.380 e. The van der Waals surface area contributed by atoms with Crippen molar-refractivity contribution < 1.29 is 0 Å². The number of nitrogens with zero attached hydrogens (tertiary/aromatic N) is 4. The molecule has 0 saturated carbocycles. The molecule has 96 valence electrons. The zero-order chi connectivity index (χ0) is 13.7. The monoisotopic (exact) mass is 254 g/mol. The van der Waals surface area contributed by atoms with Gasteiger partial charge in [-0.15, -0.1) is 10.2 Å². The fraction of sp³-hybridized carbons (Fsp3) is 0.0769. The Bertz CT molecular complexity index is 601. The van der Waals surface area contributed by atoms with Crippen LogP contribution in [0.1, 0.15) is 17.0 Å². The fourth-order valence-corrected chi connectivity index (χ4v) is 1.34. The molecule has 0 aliphatic rings. The Hall–Kier alpha value is -2.76. The molecule has 0 bridgehead atoms. The van der Waals surface area contributed by atoms with Crippen LogP contribution in [0.15, 0.2) is 52.9 Å². The summed E-state index contributed by atoms with van der Waals surface area (Å²) in [4.78, 5) is 8.21. The van der Waals surface area contributed by atoms with Crippen LogP contribution >= 0.6 is 0 Å². The van der Waals surface area contributed by atoms with Crippen molar-refractivity contribution in [2.24, 2.45) is 21.7 Å². The Labute approximate surface area is 110 Å². The Morgan fingerprint density at radius 2 is 1.63 bits per heavy atom. The van der Waals surface area contributed by atoms with Crippen LogP contribution in [0.2, 0.25) is 0 Å². The van der Waals surface area contributed by atoms with Crippen molar-refractivity contribution in [3.8, 4) is 0 Å². The summed E-state index contributed by atoms with van der Waals surface area (Å²) in [6.45, 7) is 1.95. The number of aryl methyl sites for hydroxylation is 1. The van der Waals surface area contributed by atoms with Crippen LogP contribution in [0.4, 0.5) is 0 Å². The summed E-state index contributed by atoms with van der Waals surface area (Å²) in [6.07, 6.45) is 3.34. The molecule has 2 aromatic heterocycles. The van der Waals surface area contributed by atoms with E-state index in [0.717, 1.165) is 5.56 Å². The molecule has 19 heavy (non-hydrogen) atoms. The lowest BCUT2D eigenvalue weighted by Gasteiger charge is -1.99. The van der Waals surface area contributed by atoms with E-state index in [1.54, 1.807) is 30.6 Å². The van der Waals surface area contributed by atoms with Crippen molar-refractivity contribution in [1.82, 2.24) is 9.97 Å². The first-order valence-corrected chi connectivity index (χ1v) is 5.68. The second-order valence-corrected chi connectivity index (χ2v) is 3.91. The van der Waals surface area contributed by atoms with Gasteiger partial charge < -0.3 is 11.5 Å². The van der Waals surface area contributed by atoms with Gasteiger partial charge in [0.25, 0.3) is 0 Å². The molecule has 0 aliphatic carbocycles. The Morgan fingerprint density at radius 1 is 0.947 bits per heavy atom. The second-order valence-electron chi connectivity index (χ2n) is 3.91. The predicted molar refractivity (Wildman–Crippen MR) is 74.7 cm³/mol. The van der Waals surface area contributed by atoms with E-state index in [1.807, 2.05) is 19.1 Å². The quantitative estimate of drug-likeness (QED) is 0.480. The van der Waals surface area contributed by atoms with E-state index in [0.29, 0.717) is 11.4 Å². The third-order valence-electron chi connectivity index (χ3n) is 2.37. The Morgan fingerprint density at radius 3 is 2.16 bits per heavy atom. The van der Waals surface area contributed by atoms with Gasteiger partial charge in [-0.05, 0) is 30.7 Å². The topological polar surface area (TPSA) is 103 Å². The molecule has 2 heterocycles. The highest BCUT2D eigenvalue weighted by molar-refractivity contribution is 5.98. The maximum Gasteiger partial charge on any atom is 0.172 e. The smallest absolute Gasteiger partial charge is 0.172 e. The summed E-state index contributed by atoms with van der Waals surface area (Å²) in [5, 5.41) is 7.70. The molecule has 0 unspecified atom stereocenters. The average molecular weight is 254 g/mol. The molecule has 0 fully saturated rings. The van der Waals surface area contributed by atoms with Crippen LogP contribution in [0.3, 0.4) is 0 Å². The summed E-state index contributed by atoms with van der Waals surface area (Å²) in [6, 6.07) is 9.04. The van der Waals surface area contributed by atoms with Crippen LogP contribution in [0, 0.1) is 6.92 Å². The maximum absolute atomic E-state index is 5.78. The van der Waals surface area contributed by atoms with Crippen molar-refractivity contribution in [3.63, 3.8) is 0 Å². The zero-order valence-corrected chi connectivity index (χ0v) is 10.5. The van der Waals surface area contributed by atoms with E-state index in [-0.39, 0.29) is 11.7 Å². The van der Waals surface area contributed by atoms with Crippen LogP contribution in [-0.4, -0.2) is 21.6 Å². The molecule has 0 spiro atoms. The molecule has 0 amide bonds. The highest BCUT2D eigenvalue weighted by Gasteiger charge is 2.01. The zero-order valence-electron chi connectivity index (χ0n) is 10.5. The molecule has 0 aromatic carbocycles. The first-order chi connectivity index (χ1) is 9.16. The highest BCUT2D eigenvalue weighted by atomic mass is 15.3. The molecule has 0 radical (unpaired) electrons. The summed E-state index contributed by atoms with van der Waals surface area (Å²) in [5.41, 5.74) is 13.7. The van der Waals surface area contributed by atoms with Gasteiger partial charge in [-0.25, -0.2) is 0 Å². The normalized spacial score (nSPS) is 12.5. The minimum atomic E-state index is 0.204. The SMILES string of the molecule is Cc1ccc(/C(N)=N/N=C(\N)c2ccccn2)nc1. The average Bonchev–Trinajstić information content (AvgIpc) is 2.46. The molecular formula is C13H14N6. The highest BCUT2D eigenvalue weighted by Crippen LogP contribution is 1.99. The van der Waals surface area contributed by atoms with Crippen LogP contribution < -0.4 is 11.5 Å². The van der Waals surface area contributed by atoms with Crippen LogP contribution in [-0.2, 0) is 0 Å². The summed E-state index contributed by atoms with van der Waals surface area (Å²) < 4.78 is 0. The third-order valence-corrected chi connectivity index (χ3v) is 2.37. The van der Waals surface area contributed by atoms with Crippen molar-refractivity contribution >= 4 is 11.7 Å². The molecular weight excluding hydrogens is 240 g/mol. The number of aromatic nitrogens is 2. The van der Waals surface area contributed by atoms with Crippen molar-refractivity contribution in [1.29, 1.82) is 0 Å². The summed E-state index contributed by atoms with van der Waals surface area (Å²) in [7, 11) is 0. The van der Waals surface area contributed by atoms with Gasteiger partial charge in [-0.3, -0.25) is 9.97 Å². The number of pyridine rings is 2.